The highest BCUT2D eigenvalue weighted by Gasteiger charge is 2.31. The lowest BCUT2D eigenvalue weighted by Crippen LogP contribution is -2.49. The molecule has 2 aliphatic rings. The number of rotatable bonds is 3. The highest BCUT2D eigenvalue weighted by atomic mass is 16.4. The first-order valence-electron chi connectivity index (χ1n) is 9.08. The number of phenols is 1. The van der Waals surface area contributed by atoms with Crippen LogP contribution in [-0.4, -0.2) is 67.7 Å². The van der Waals surface area contributed by atoms with E-state index < -0.39 is 5.97 Å². The van der Waals surface area contributed by atoms with E-state index in [9.17, 15) is 14.7 Å². The maximum absolute atomic E-state index is 12.7. The van der Waals surface area contributed by atoms with E-state index in [-0.39, 0.29) is 23.6 Å². The molecule has 1 aromatic heterocycles. The van der Waals surface area contributed by atoms with E-state index in [0.29, 0.717) is 32.0 Å². The number of benzene rings is 1. The summed E-state index contributed by atoms with van der Waals surface area (Å²) in [6.45, 7) is 1.80. The number of carbonyl (C=O) groups excluding carboxylic acids is 1. The lowest BCUT2D eigenvalue weighted by molar-refractivity contribution is 0.0683. The molecule has 0 unspecified atom stereocenters. The first kappa shape index (κ1) is 18.0. The van der Waals surface area contributed by atoms with Gasteiger partial charge >= 0.3 is 12.0 Å². The smallest absolute Gasteiger partial charge is 0.374 e. The minimum atomic E-state index is -1.19. The summed E-state index contributed by atoms with van der Waals surface area (Å²) in [7, 11) is 0. The van der Waals surface area contributed by atoms with Crippen molar-refractivity contribution in [3.63, 3.8) is 0 Å². The summed E-state index contributed by atoms with van der Waals surface area (Å²) in [5.41, 5.74) is 1.65. The predicted octanol–water partition coefficient (Wildman–Crippen LogP) is 1.33. The van der Waals surface area contributed by atoms with Gasteiger partial charge in [-0.25, -0.2) is 19.6 Å². The van der Waals surface area contributed by atoms with Crippen LogP contribution in [0, 0.1) is 0 Å². The van der Waals surface area contributed by atoms with Gasteiger partial charge in [-0.2, -0.15) is 4.98 Å². The number of carboxylic acid groups (broad SMARTS) is 1. The van der Waals surface area contributed by atoms with E-state index in [1.165, 1.54) is 6.33 Å². The van der Waals surface area contributed by atoms with Crippen LogP contribution < -0.4 is 10.2 Å². The van der Waals surface area contributed by atoms with Gasteiger partial charge in [0.2, 0.25) is 11.8 Å². The molecule has 2 amide bonds. The summed E-state index contributed by atoms with van der Waals surface area (Å²) >= 11 is 0. The van der Waals surface area contributed by atoms with E-state index in [1.54, 1.807) is 18.2 Å². The molecule has 0 bridgehead atoms. The molecule has 0 aliphatic carbocycles. The van der Waals surface area contributed by atoms with Crippen LogP contribution in [0.15, 0.2) is 24.5 Å². The molecule has 1 fully saturated rings. The van der Waals surface area contributed by atoms with Crippen molar-refractivity contribution in [3.05, 3.63) is 35.9 Å². The first-order chi connectivity index (χ1) is 13.5. The number of fused-ring (bicyclic) bond motifs is 1. The Morgan fingerprint density at radius 1 is 1.18 bits per heavy atom. The van der Waals surface area contributed by atoms with Crippen molar-refractivity contribution < 1.29 is 19.8 Å². The molecule has 4 rings (SSSR count). The number of aromatic hydroxyl groups is 1. The van der Waals surface area contributed by atoms with Crippen LogP contribution >= 0.6 is 0 Å². The number of carbonyl (C=O) groups is 2. The van der Waals surface area contributed by atoms with Crippen LogP contribution in [-0.2, 0) is 6.42 Å². The molecule has 0 saturated carbocycles. The van der Waals surface area contributed by atoms with Crippen molar-refractivity contribution in [1.82, 2.24) is 19.9 Å². The van der Waals surface area contributed by atoms with Gasteiger partial charge in [0.1, 0.15) is 12.1 Å². The Morgan fingerprint density at radius 2 is 1.96 bits per heavy atom. The molecular weight excluding hydrogens is 364 g/mol. The number of urea groups is 1. The van der Waals surface area contributed by atoms with Crippen molar-refractivity contribution in [2.75, 3.05) is 29.9 Å². The van der Waals surface area contributed by atoms with E-state index >= 15 is 0 Å². The van der Waals surface area contributed by atoms with Gasteiger partial charge < -0.3 is 25.3 Å². The molecule has 28 heavy (non-hydrogen) atoms. The lowest BCUT2D eigenvalue weighted by atomic mass is 10.0. The number of anilines is 2. The van der Waals surface area contributed by atoms with Gasteiger partial charge in [-0.15, -0.1) is 0 Å². The van der Waals surface area contributed by atoms with Crippen LogP contribution in [0.2, 0.25) is 0 Å². The Labute approximate surface area is 160 Å². The monoisotopic (exact) mass is 384 g/mol. The van der Waals surface area contributed by atoms with Crippen molar-refractivity contribution in [3.8, 4) is 5.75 Å². The molecule has 10 heteroatoms. The highest BCUT2D eigenvalue weighted by Crippen LogP contribution is 2.27. The topological polar surface area (TPSA) is 132 Å². The molecule has 0 spiro atoms. The minimum Gasteiger partial charge on any atom is -0.508 e. The van der Waals surface area contributed by atoms with Gasteiger partial charge in [0.25, 0.3) is 0 Å². The molecule has 3 N–H and O–H groups in total. The third-order valence-corrected chi connectivity index (χ3v) is 5.15. The normalized spacial score (nSPS) is 17.6. The molecule has 0 radical (unpaired) electrons. The van der Waals surface area contributed by atoms with Gasteiger partial charge in [-0.1, -0.05) is 0 Å². The van der Waals surface area contributed by atoms with E-state index in [4.69, 9.17) is 5.11 Å². The number of aromatic carboxylic acids is 1. The molecular formula is C18H20N6O4. The average Bonchev–Trinajstić information content (AvgIpc) is 2.86. The van der Waals surface area contributed by atoms with E-state index in [0.717, 1.165) is 24.1 Å². The Balaban J connectivity index is 1.42. The first-order valence-corrected chi connectivity index (χ1v) is 9.08. The molecule has 146 valence electrons. The number of aromatic nitrogens is 3. The van der Waals surface area contributed by atoms with E-state index in [2.05, 4.69) is 20.3 Å². The second kappa shape index (κ2) is 7.29. The average molecular weight is 384 g/mol. The zero-order valence-corrected chi connectivity index (χ0v) is 15.1. The zero-order valence-electron chi connectivity index (χ0n) is 15.1. The van der Waals surface area contributed by atoms with Crippen LogP contribution in [0.3, 0.4) is 0 Å². The lowest BCUT2D eigenvalue weighted by Gasteiger charge is -2.37. The van der Waals surface area contributed by atoms with Crippen molar-refractivity contribution in [2.45, 2.75) is 25.3 Å². The number of piperidine rings is 1. The summed E-state index contributed by atoms with van der Waals surface area (Å²) in [4.78, 5) is 39.2. The number of phenolic OH excluding ortho intramolecular Hbond substituents is 1. The summed E-state index contributed by atoms with van der Waals surface area (Å²) in [5, 5.41) is 21.6. The van der Waals surface area contributed by atoms with Gasteiger partial charge in [0.15, 0.2) is 0 Å². The molecule has 0 atom stereocenters. The number of nitrogens with zero attached hydrogens (tertiary/aromatic N) is 5. The highest BCUT2D eigenvalue weighted by molar-refractivity contribution is 5.91. The van der Waals surface area contributed by atoms with Crippen LogP contribution in [0.25, 0.3) is 0 Å². The largest absolute Gasteiger partial charge is 0.508 e. The number of nitrogens with one attached hydrogen (secondary N) is 1. The molecule has 10 nitrogen and oxygen atoms in total. The number of hydrogen-bond donors (Lipinski definition) is 3. The fourth-order valence-electron chi connectivity index (χ4n) is 3.71. The third-order valence-electron chi connectivity index (χ3n) is 5.15. The van der Waals surface area contributed by atoms with Crippen LogP contribution in [0.4, 0.5) is 16.4 Å². The summed E-state index contributed by atoms with van der Waals surface area (Å²) < 4.78 is 0. The van der Waals surface area contributed by atoms with Gasteiger partial charge in [-0.3, -0.25) is 0 Å². The summed E-state index contributed by atoms with van der Waals surface area (Å²) in [6, 6.07) is 4.89. The second-order valence-electron chi connectivity index (χ2n) is 6.85. The van der Waals surface area contributed by atoms with Crippen LogP contribution in [0.5, 0.6) is 5.75 Å². The molecule has 2 aromatic rings. The van der Waals surface area contributed by atoms with Gasteiger partial charge in [-0.05, 0) is 43.0 Å². The fourth-order valence-corrected chi connectivity index (χ4v) is 3.71. The Hall–Kier alpha value is -3.43. The Morgan fingerprint density at radius 3 is 2.71 bits per heavy atom. The number of amides is 2. The molecule has 2 aliphatic heterocycles. The predicted molar refractivity (Wildman–Crippen MR) is 99.6 cm³/mol. The van der Waals surface area contributed by atoms with Crippen molar-refractivity contribution >= 4 is 23.6 Å². The summed E-state index contributed by atoms with van der Waals surface area (Å²) in [5.74, 6) is -0.938. The van der Waals surface area contributed by atoms with Crippen LogP contribution in [0.1, 0.15) is 29.0 Å². The number of carboxylic acids is 1. The van der Waals surface area contributed by atoms with Gasteiger partial charge in [0, 0.05) is 31.4 Å². The van der Waals surface area contributed by atoms with Crippen molar-refractivity contribution in [2.24, 2.45) is 0 Å². The van der Waals surface area contributed by atoms with Gasteiger partial charge in [0.05, 0.1) is 0 Å². The minimum absolute atomic E-state index is 0.0694. The molecule has 3 heterocycles. The van der Waals surface area contributed by atoms with Crippen molar-refractivity contribution in [1.29, 1.82) is 0 Å². The Bertz CT molecular complexity index is 913. The quantitative estimate of drug-likeness (QED) is 0.676. The maximum atomic E-state index is 12.7. The number of hydrogen-bond acceptors (Lipinski definition) is 7. The molecule has 1 aromatic carbocycles. The second-order valence-corrected chi connectivity index (χ2v) is 6.85. The standard InChI is InChI=1S/C18H20N6O4/c25-13-1-2-14-11(9-13)3-8-24(18(28)21-14)12-4-6-23(7-5-12)17-20-10-19-15(22-17)16(26)27/h1-2,9-10,12,25H,3-8H2,(H,21,28)(H,26,27). The zero-order chi connectivity index (χ0) is 19.7. The Kier molecular flexibility index (Phi) is 4.68. The SMILES string of the molecule is O=C(O)c1ncnc(N2CCC(N3CCc4cc(O)ccc4NC3=O)CC2)n1. The maximum Gasteiger partial charge on any atom is 0.374 e. The molecule has 1 saturated heterocycles. The summed E-state index contributed by atoms with van der Waals surface area (Å²) in [6.07, 6.45) is 3.32. The fraction of sp³-hybridized carbons (Fsp3) is 0.389. The van der Waals surface area contributed by atoms with E-state index in [1.807, 2.05) is 9.80 Å². The third kappa shape index (κ3) is 3.53.